The van der Waals surface area contributed by atoms with Gasteiger partial charge in [0, 0.05) is 10.9 Å². The van der Waals surface area contributed by atoms with Gasteiger partial charge < -0.3 is 4.74 Å². The maximum Gasteiger partial charge on any atom is 0.248 e. The van der Waals surface area contributed by atoms with E-state index >= 15 is 0 Å². The molecule has 1 fully saturated rings. The number of aromatic nitrogens is 1. The first-order valence-corrected chi connectivity index (χ1v) is 7.81. The van der Waals surface area contributed by atoms with E-state index in [0.717, 1.165) is 22.2 Å². The van der Waals surface area contributed by atoms with Crippen molar-refractivity contribution < 1.29 is 9.53 Å². The lowest BCUT2D eigenvalue weighted by molar-refractivity contribution is -0.123. The monoisotopic (exact) mass is 322 g/mol. The van der Waals surface area contributed by atoms with Crippen LogP contribution in [0.2, 0.25) is 0 Å². The van der Waals surface area contributed by atoms with Gasteiger partial charge in [-0.1, -0.05) is 30.3 Å². The predicted octanol–water partition coefficient (Wildman–Crippen LogP) is 4.04. The van der Waals surface area contributed by atoms with E-state index in [1.165, 1.54) is 0 Å². The van der Waals surface area contributed by atoms with Gasteiger partial charge in [0.25, 0.3) is 0 Å². The zero-order chi connectivity index (χ0) is 15.6. The third kappa shape index (κ3) is 1.67. The van der Waals surface area contributed by atoms with E-state index in [9.17, 15) is 4.79 Å². The van der Waals surface area contributed by atoms with Crippen molar-refractivity contribution in [2.75, 3.05) is 4.90 Å². The topological polar surface area (TPSA) is 42.4 Å². The minimum absolute atomic E-state index is 0.103. The molecule has 4 nitrogen and oxygen atoms in total. The number of halogens is 1. The lowest BCUT2D eigenvalue weighted by Gasteiger charge is -2.43. The lowest BCUT2D eigenvalue weighted by atomic mass is 9.92. The number of amides is 1. The number of alkyl halides is 1. The van der Waals surface area contributed by atoms with Crippen molar-refractivity contribution in [1.82, 2.24) is 4.98 Å². The third-order valence-electron chi connectivity index (χ3n) is 4.40. The predicted molar refractivity (Wildman–Crippen MR) is 88.1 cm³/mol. The van der Waals surface area contributed by atoms with Crippen LogP contribution in [0.15, 0.2) is 54.6 Å². The average Bonchev–Trinajstić information content (AvgIpc) is 2.71. The smallest absolute Gasteiger partial charge is 0.248 e. The number of carbonyl (C=O) groups is 1. The number of benzene rings is 2. The summed E-state index contributed by atoms with van der Waals surface area (Å²) in [7, 11) is 0. The molecular weight excluding hydrogens is 312 g/mol. The number of anilines is 1. The van der Waals surface area contributed by atoms with Crippen LogP contribution in [-0.2, 0) is 4.79 Å². The van der Waals surface area contributed by atoms with Crippen molar-refractivity contribution in [3.63, 3.8) is 0 Å². The second kappa shape index (κ2) is 4.46. The number of rotatable bonds is 0. The van der Waals surface area contributed by atoms with Gasteiger partial charge in [0.05, 0.1) is 17.2 Å². The summed E-state index contributed by atoms with van der Waals surface area (Å²) >= 11 is 6.32. The van der Waals surface area contributed by atoms with E-state index < -0.39 is 5.38 Å². The molecule has 0 saturated carbocycles. The number of hydrogen-bond acceptors (Lipinski definition) is 3. The number of para-hydroxylation sites is 3. The summed E-state index contributed by atoms with van der Waals surface area (Å²) in [5.74, 6) is 1.03. The van der Waals surface area contributed by atoms with Crippen LogP contribution in [0.1, 0.15) is 11.6 Å². The molecule has 0 spiro atoms. The van der Waals surface area contributed by atoms with E-state index in [-0.39, 0.29) is 11.9 Å². The van der Waals surface area contributed by atoms with Crippen LogP contribution in [-0.4, -0.2) is 16.3 Å². The average molecular weight is 323 g/mol. The Bertz CT molecular complexity index is 972. The number of pyridine rings is 1. The number of ether oxygens (including phenoxy) is 1. The summed E-state index contributed by atoms with van der Waals surface area (Å²) in [5, 5.41) is 0.412. The summed E-state index contributed by atoms with van der Waals surface area (Å²) in [6.07, 6.45) is 0. The molecule has 1 amide bonds. The second-order valence-corrected chi connectivity index (χ2v) is 6.17. The highest BCUT2D eigenvalue weighted by Crippen LogP contribution is 2.51. The normalized spacial score (nSPS) is 21.6. The Hall–Kier alpha value is -2.59. The first-order chi connectivity index (χ1) is 11.2. The summed E-state index contributed by atoms with van der Waals surface area (Å²) in [4.78, 5) is 18.6. The van der Waals surface area contributed by atoms with Gasteiger partial charge in [-0.25, -0.2) is 4.98 Å². The van der Waals surface area contributed by atoms with Crippen molar-refractivity contribution in [3.05, 3.63) is 60.2 Å². The molecule has 0 aliphatic carbocycles. The van der Waals surface area contributed by atoms with Crippen LogP contribution in [0.4, 0.5) is 5.69 Å². The van der Waals surface area contributed by atoms with E-state index in [4.69, 9.17) is 16.3 Å². The standard InChI is InChI=1S/C18H11ClN2O2/c19-15-16-11-9-10-5-1-2-6-12(10)20-17(11)23-14-8-4-3-7-13(14)21(16)18(15)22/h1-9,15-16H/t15-,16-/m1/s1. The van der Waals surface area contributed by atoms with Crippen LogP contribution in [0.25, 0.3) is 10.9 Å². The zero-order valence-corrected chi connectivity index (χ0v) is 12.7. The van der Waals surface area contributed by atoms with Crippen molar-refractivity contribution in [2.24, 2.45) is 0 Å². The van der Waals surface area contributed by atoms with Crippen molar-refractivity contribution in [2.45, 2.75) is 11.4 Å². The van der Waals surface area contributed by atoms with Crippen LogP contribution in [0, 0.1) is 0 Å². The highest BCUT2D eigenvalue weighted by atomic mass is 35.5. The van der Waals surface area contributed by atoms with Crippen molar-refractivity contribution in [3.8, 4) is 11.6 Å². The Labute approximate surface area is 137 Å². The Morgan fingerprint density at radius 3 is 2.78 bits per heavy atom. The van der Waals surface area contributed by atoms with Gasteiger partial charge in [0.1, 0.15) is 5.38 Å². The molecule has 0 bridgehead atoms. The molecule has 3 aromatic rings. The maximum absolute atomic E-state index is 12.3. The Balaban J connectivity index is 1.80. The molecule has 0 N–H and O–H groups in total. The molecule has 5 heteroatoms. The molecule has 2 aromatic carbocycles. The van der Waals surface area contributed by atoms with Crippen molar-refractivity contribution >= 4 is 34.1 Å². The summed E-state index contributed by atoms with van der Waals surface area (Å²) < 4.78 is 6.02. The van der Waals surface area contributed by atoms with Crippen LogP contribution in [0.3, 0.4) is 0 Å². The molecule has 3 heterocycles. The lowest BCUT2D eigenvalue weighted by Crippen LogP contribution is -2.56. The maximum atomic E-state index is 12.3. The van der Waals surface area contributed by atoms with Gasteiger partial charge in [0.15, 0.2) is 5.75 Å². The minimum Gasteiger partial charge on any atom is -0.436 e. The molecule has 0 radical (unpaired) electrons. The number of carbonyl (C=O) groups excluding carboxylic acids is 1. The fourth-order valence-corrected chi connectivity index (χ4v) is 3.63. The summed E-state index contributed by atoms with van der Waals surface area (Å²) in [6, 6.07) is 17.1. The molecule has 1 aromatic heterocycles. The largest absolute Gasteiger partial charge is 0.436 e. The first-order valence-electron chi connectivity index (χ1n) is 7.38. The Morgan fingerprint density at radius 2 is 1.87 bits per heavy atom. The molecule has 23 heavy (non-hydrogen) atoms. The van der Waals surface area contributed by atoms with E-state index in [0.29, 0.717) is 11.6 Å². The third-order valence-corrected chi connectivity index (χ3v) is 4.82. The van der Waals surface area contributed by atoms with E-state index in [1.54, 1.807) is 4.90 Å². The fraction of sp³-hybridized carbons (Fsp3) is 0.111. The summed E-state index contributed by atoms with van der Waals surface area (Å²) in [6.45, 7) is 0. The SMILES string of the molecule is O=C1[C@H](Cl)[C@H]2c3cc4ccccc4nc3Oc3ccccc3N12. The molecule has 5 rings (SSSR count). The number of nitrogens with zero attached hydrogens (tertiary/aromatic N) is 2. The highest BCUT2D eigenvalue weighted by Gasteiger charge is 2.51. The fourth-order valence-electron chi connectivity index (χ4n) is 3.27. The van der Waals surface area contributed by atoms with Crippen LogP contribution >= 0.6 is 11.6 Å². The zero-order valence-electron chi connectivity index (χ0n) is 11.9. The van der Waals surface area contributed by atoms with Crippen LogP contribution < -0.4 is 9.64 Å². The highest BCUT2D eigenvalue weighted by molar-refractivity contribution is 6.37. The molecule has 2 atom stereocenters. The van der Waals surface area contributed by atoms with Gasteiger partial charge in [-0.2, -0.15) is 0 Å². The van der Waals surface area contributed by atoms with Gasteiger partial charge >= 0.3 is 0 Å². The second-order valence-electron chi connectivity index (χ2n) is 5.70. The molecule has 0 unspecified atom stereocenters. The Kier molecular flexibility index (Phi) is 2.50. The summed E-state index contributed by atoms with van der Waals surface area (Å²) in [5.41, 5.74) is 2.44. The quantitative estimate of drug-likeness (QED) is 0.463. The van der Waals surface area contributed by atoms with E-state index in [1.807, 2.05) is 54.6 Å². The number of fused-ring (bicyclic) bond motifs is 6. The molecule has 112 valence electrons. The van der Waals surface area contributed by atoms with Crippen molar-refractivity contribution in [1.29, 1.82) is 0 Å². The molecule has 1 saturated heterocycles. The molecular formula is C18H11ClN2O2. The molecule has 2 aliphatic rings. The van der Waals surface area contributed by atoms with E-state index in [2.05, 4.69) is 4.98 Å². The Morgan fingerprint density at radius 1 is 1.09 bits per heavy atom. The van der Waals surface area contributed by atoms with Gasteiger partial charge in [-0.05, 0) is 24.3 Å². The molecule has 2 aliphatic heterocycles. The van der Waals surface area contributed by atoms with Gasteiger partial charge in [-0.3, -0.25) is 9.69 Å². The van der Waals surface area contributed by atoms with Gasteiger partial charge in [-0.15, -0.1) is 11.6 Å². The van der Waals surface area contributed by atoms with Crippen LogP contribution in [0.5, 0.6) is 11.6 Å². The number of hydrogen-bond donors (Lipinski definition) is 0. The van der Waals surface area contributed by atoms with Gasteiger partial charge in [0.2, 0.25) is 11.8 Å². The minimum atomic E-state index is -0.591. The number of β-lactam (4-membered cyclic amide) rings is 1. The first kappa shape index (κ1) is 12.9.